The number of carbonyl (C=O) groups is 4. The first-order chi connectivity index (χ1) is 16.5. The first-order valence-corrected chi connectivity index (χ1v) is 11.2. The Bertz CT molecular complexity index is 1050. The van der Waals surface area contributed by atoms with Crippen LogP contribution < -0.4 is 21.7 Å². The van der Waals surface area contributed by atoms with Gasteiger partial charge in [-0.25, -0.2) is 4.79 Å². The molecular weight excluding hydrogens is 458 g/mol. The summed E-state index contributed by atoms with van der Waals surface area (Å²) in [6.45, 7) is 3.73. The van der Waals surface area contributed by atoms with Crippen molar-refractivity contribution in [2.45, 2.75) is 57.5 Å². The number of aliphatic carboxylic acids is 1. The molecule has 0 aliphatic heterocycles. The number of hydrogen-bond acceptors (Lipinski definition) is 7. The molecule has 0 fully saturated rings. The lowest BCUT2D eigenvalue weighted by Gasteiger charge is -2.25. The number of carbonyl (C=O) groups excluding carboxylic acids is 3. The highest BCUT2D eigenvalue weighted by atomic mass is 16.4. The van der Waals surface area contributed by atoms with Gasteiger partial charge in [0.2, 0.25) is 17.7 Å². The van der Waals surface area contributed by atoms with Crippen LogP contribution >= 0.6 is 0 Å². The van der Waals surface area contributed by atoms with Crippen molar-refractivity contribution in [1.82, 2.24) is 20.9 Å². The molecule has 0 saturated carbocycles. The highest BCUT2D eigenvalue weighted by Crippen LogP contribution is 2.19. The fraction of sp³-hybridized carbons (Fsp3) is 0.478. The monoisotopic (exact) mass is 491 g/mol. The Morgan fingerprint density at radius 2 is 1.57 bits per heavy atom. The van der Waals surface area contributed by atoms with Crippen LogP contribution in [0.25, 0.3) is 10.9 Å². The van der Waals surface area contributed by atoms with Gasteiger partial charge in [-0.15, -0.1) is 0 Å². The summed E-state index contributed by atoms with van der Waals surface area (Å²) in [5.74, 6) is -4.17. The van der Waals surface area contributed by atoms with Crippen LogP contribution in [-0.2, 0) is 25.6 Å². The zero-order valence-electron chi connectivity index (χ0n) is 19.8. The van der Waals surface area contributed by atoms with Crippen LogP contribution in [0.4, 0.5) is 0 Å². The van der Waals surface area contributed by atoms with Crippen LogP contribution in [-0.4, -0.2) is 80.9 Å². The van der Waals surface area contributed by atoms with E-state index in [0.717, 1.165) is 10.9 Å². The molecule has 1 heterocycles. The van der Waals surface area contributed by atoms with Crippen molar-refractivity contribution in [3.63, 3.8) is 0 Å². The second-order valence-electron chi connectivity index (χ2n) is 8.70. The predicted molar refractivity (Wildman–Crippen MR) is 127 cm³/mol. The first-order valence-electron chi connectivity index (χ1n) is 11.2. The number of aliphatic hydroxyl groups excluding tert-OH is 2. The number of hydrogen-bond donors (Lipinski definition) is 8. The molecule has 0 bridgehead atoms. The summed E-state index contributed by atoms with van der Waals surface area (Å²) in [7, 11) is 0. The summed E-state index contributed by atoms with van der Waals surface area (Å²) in [5.41, 5.74) is 7.21. The third-order valence-electron chi connectivity index (χ3n) is 5.60. The number of benzene rings is 1. The van der Waals surface area contributed by atoms with Gasteiger partial charge in [-0.2, -0.15) is 0 Å². The van der Waals surface area contributed by atoms with E-state index in [0.29, 0.717) is 5.56 Å². The zero-order valence-corrected chi connectivity index (χ0v) is 19.8. The van der Waals surface area contributed by atoms with Crippen molar-refractivity contribution in [2.24, 2.45) is 11.7 Å². The quantitative estimate of drug-likeness (QED) is 0.177. The Morgan fingerprint density at radius 1 is 0.971 bits per heavy atom. The highest BCUT2D eigenvalue weighted by Gasteiger charge is 2.32. The van der Waals surface area contributed by atoms with Crippen LogP contribution in [0.5, 0.6) is 0 Å². The van der Waals surface area contributed by atoms with Gasteiger partial charge in [0, 0.05) is 23.5 Å². The second-order valence-corrected chi connectivity index (χ2v) is 8.70. The van der Waals surface area contributed by atoms with Gasteiger partial charge in [0.25, 0.3) is 0 Å². The number of rotatable bonds is 12. The number of nitrogens with one attached hydrogen (secondary N) is 4. The molecule has 192 valence electrons. The molecule has 0 aliphatic rings. The number of carboxylic acid groups (broad SMARTS) is 1. The molecule has 12 nitrogen and oxygen atoms in total. The minimum Gasteiger partial charge on any atom is -0.480 e. The van der Waals surface area contributed by atoms with Crippen molar-refractivity contribution in [2.75, 3.05) is 6.61 Å². The number of nitrogens with two attached hydrogens (primary N) is 1. The maximum absolute atomic E-state index is 13.1. The lowest BCUT2D eigenvalue weighted by Crippen LogP contribution is -2.59. The Morgan fingerprint density at radius 3 is 2.14 bits per heavy atom. The molecule has 1 aromatic heterocycles. The van der Waals surface area contributed by atoms with Gasteiger partial charge in [0.1, 0.15) is 24.2 Å². The van der Waals surface area contributed by atoms with Gasteiger partial charge in [-0.05, 0) is 24.5 Å². The normalized spacial score (nSPS) is 15.6. The van der Waals surface area contributed by atoms with E-state index < -0.39 is 66.5 Å². The number of aromatic nitrogens is 1. The van der Waals surface area contributed by atoms with Crippen molar-refractivity contribution >= 4 is 34.6 Å². The topological polar surface area (TPSA) is 207 Å². The molecule has 1 aromatic carbocycles. The smallest absolute Gasteiger partial charge is 0.326 e. The van der Waals surface area contributed by atoms with Crippen LogP contribution in [0.2, 0.25) is 0 Å². The summed E-state index contributed by atoms with van der Waals surface area (Å²) in [5, 5.41) is 36.6. The van der Waals surface area contributed by atoms with Gasteiger partial charge in [0.15, 0.2) is 0 Å². The second kappa shape index (κ2) is 12.3. The molecule has 5 unspecified atom stereocenters. The van der Waals surface area contributed by atoms with Gasteiger partial charge >= 0.3 is 5.97 Å². The maximum atomic E-state index is 13.1. The number of H-pyrrole nitrogens is 1. The molecule has 0 radical (unpaired) electrons. The third-order valence-corrected chi connectivity index (χ3v) is 5.60. The number of fused-ring (bicyclic) bond motifs is 1. The van der Waals surface area contributed by atoms with E-state index in [9.17, 15) is 34.5 Å². The molecule has 0 spiro atoms. The molecule has 0 saturated heterocycles. The minimum absolute atomic E-state index is 0.0115. The molecule has 12 heteroatoms. The summed E-state index contributed by atoms with van der Waals surface area (Å²) >= 11 is 0. The van der Waals surface area contributed by atoms with Crippen molar-refractivity contribution in [1.29, 1.82) is 0 Å². The lowest BCUT2D eigenvalue weighted by molar-refractivity contribution is -0.143. The highest BCUT2D eigenvalue weighted by molar-refractivity contribution is 5.95. The Labute approximate surface area is 202 Å². The molecule has 2 rings (SSSR count). The van der Waals surface area contributed by atoms with Crippen LogP contribution in [0.3, 0.4) is 0 Å². The number of para-hydroxylation sites is 1. The predicted octanol–water partition coefficient (Wildman–Crippen LogP) is -1.39. The molecule has 2 aromatic rings. The number of carboxylic acids is 1. The van der Waals surface area contributed by atoms with Gasteiger partial charge in [-0.1, -0.05) is 32.0 Å². The summed E-state index contributed by atoms with van der Waals surface area (Å²) in [4.78, 5) is 52.6. The molecule has 35 heavy (non-hydrogen) atoms. The van der Waals surface area contributed by atoms with Gasteiger partial charge < -0.3 is 42.0 Å². The van der Waals surface area contributed by atoms with Crippen LogP contribution in [0.1, 0.15) is 26.3 Å². The number of aliphatic hydroxyl groups is 2. The van der Waals surface area contributed by atoms with Crippen LogP contribution in [0, 0.1) is 5.92 Å². The molecule has 0 aliphatic carbocycles. The van der Waals surface area contributed by atoms with E-state index in [1.807, 2.05) is 24.3 Å². The van der Waals surface area contributed by atoms with Gasteiger partial charge in [-0.3, -0.25) is 14.4 Å². The van der Waals surface area contributed by atoms with E-state index in [1.165, 1.54) is 6.92 Å². The average molecular weight is 492 g/mol. The standard InChI is InChI=1S/C23H33N5O7/c1-11(2)19(23(34)35)28-21(32)17(10-29)27-20(31)16(26-22(33)18(24)12(3)30)8-13-9-25-15-7-5-4-6-14(13)15/h4-7,9,11-12,16-19,25,29-30H,8,10,24H2,1-3H3,(H,26,33)(H,27,31)(H,28,32)(H,34,35). The van der Waals surface area contributed by atoms with E-state index in [2.05, 4.69) is 20.9 Å². The average Bonchev–Trinajstić information content (AvgIpc) is 3.21. The van der Waals surface area contributed by atoms with E-state index in [-0.39, 0.29) is 6.42 Å². The third kappa shape index (κ3) is 7.25. The lowest BCUT2D eigenvalue weighted by atomic mass is 10.0. The molecule has 5 atom stereocenters. The summed E-state index contributed by atoms with van der Waals surface area (Å²) in [6.07, 6.45) is 0.520. The largest absolute Gasteiger partial charge is 0.480 e. The van der Waals surface area contributed by atoms with Crippen molar-refractivity contribution in [3.05, 3.63) is 36.0 Å². The zero-order chi connectivity index (χ0) is 26.3. The maximum Gasteiger partial charge on any atom is 0.326 e. The fourth-order valence-corrected chi connectivity index (χ4v) is 3.45. The Balaban J connectivity index is 2.25. The molecular formula is C23H33N5O7. The van der Waals surface area contributed by atoms with Crippen LogP contribution in [0.15, 0.2) is 30.5 Å². The number of aromatic amines is 1. The minimum atomic E-state index is -1.46. The van der Waals surface area contributed by atoms with Gasteiger partial charge in [0.05, 0.1) is 12.7 Å². The first kappa shape index (κ1) is 27.8. The van der Waals surface area contributed by atoms with E-state index in [1.54, 1.807) is 20.0 Å². The fourth-order valence-electron chi connectivity index (χ4n) is 3.45. The van der Waals surface area contributed by atoms with E-state index in [4.69, 9.17) is 5.73 Å². The summed E-state index contributed by atoms with van der Waals surface area (Å²) < 4.78 is 0. The Hall–Kier alpha value is -3.48. The molecule has 9 N–H and O–H groups in total. The molecule has 3 amide bonds. The van der Waals surface area contributed by atoms with Crippen molar-refractivity contribution in [3.8, 4) is 0 Å². The summed E-state index contributed by atoms with van der Waals surface area (Å²) in [6, 6.07) is 2.13. The number of amides is 3. The van der Waals surface area contributed by atoms with Crippen molar-refractivity contribution < 1.29 is 34.5 Å². The SMILES string of the molecule is CC(C)C(NC(=O)C(CO)NC(=O)C(Cc1c[nH]c2ccccc12)NC(=O)C(N)C(C)O)C(=O)O. The Kier molecular flexibility index (Phi) is 9.75. The van der Waals surface area contributed by atoms with E-state index >= 15 is 0 Å².